The Balaban J connectivity index is 1.91. The minimum absolute atomic E-state index is 0.105. The van der Waals surface area contributed by atoms with Gasteiger partial charge in [0.25, 0.3) is 0 Å². The van der Waals surface area contributed by atoms with Crippen LogP contribution >= 0.6 is 0 Å². The Morgan fingerprint density at radius 2 is 1.78 bits per heavy atom. The lowest BCUT2D eigenvalue weighted by atomic mass is 9.85. The topological polar surface area (TPSA) is 68.3 Å². The molecule has 2 aliphatic heterocycles. The lowest BCUT2D eigenvalue weighted by molar-refractivity contribution is -0.149. The minimum atomic E-state index is -0.484. The SMILES string of the molecule is CCCC#C[C@@H]1[C@@H](C(=O)OCC)[C@@H](c2ccc3c(c2)OCO3)CN1CC(=O)N(CCCC)CCCC. The fourth-order valence-electron chi connectivity index (χ4n) is 4.89. The van der Waals surface area contributed by atoms with Crippen molar-refractivity contribution in [2.75, 3.05) is 39.6 Å². The van der Waals surface area contributed by atoms with Gasteiger partial charge in [-0.15, -0.1) is 5.92 Å². The standard InChI is InChI=1S/C29H42N2O5/c1-5-9-12-13-24-28(29(33)34-8-4)23(22-14-15-25-26(18-22)36-21-35-25)19-31(24)20-27(32)30(16-10-6-2)17-11-7-3/h14-15,18,23-24,28H,5-11,16-17,19-21H2,1-4H3/t23-,24-,28+/m1/s1. The third-order valence-electron chi connectivity index (χ3n) is 6.86. The number of rotatable bonds is 12. The first kappa shape index (κ1) is 27.9. The van der Waals surface area contributed by atoms with E-state index >= 15 is 0 Å². The zero-order valence-electron chi connectivity index (χ0n) is 22.4. The van der Waals surface area contributed by atoms with Crippen molar-refractivity contribution in [1.29, 1.82) is 0 Å². The molecule has 7 heteroatoms. The molecule has 1 saturated heterocycles. The normalized spacial score (nSPS) is 20.6. The summed E-state index contributed by atoms with van der Waals surface area (Å²) in [5.41, 5.74) is 0.975. The van der Waals surface area contributed by atoms with Gasteiger partial charge >= 0.3 is 5.97 Å². The molecule has 2 aliphatic rings. The Kier molecular flexibility index (Phi) is 10.9. The van der Waals surface area contributed by atoms with Crippen molar-refractivity contribution in [3.63, 3.8) is 0 Å². The maximum absolute atomic E-state index is 13.5. The fraction of sp³-hybridized carbons (Fsp3) is 0.655. The van der Waals surface area contributed by atoms with E-state index in [1.54, 1.807) is 0 Å². The maximum atomic E-state index is 13.5. The Bertz CT molecular complexity index is 929. The third-order valence-corrected chi connectivity index (χ3v) is 6.86. The highest BCUT2D eigenvalue weighted by Crippen LogP contribution is 2.42. The first-order valence-electron chi connectivity index (χ1n) is 13.6. The van der Waals surface area contributed by atoms with Gasteiger partial charge in [-0.1, -0.05) is 45.6 Å². The van der Waals surface area contributed by atoms with Crippen molar-refractivity contribution in [2.24, 2.45) is 5.92 Å². The number of amides is 1. The Labute approximate surface area is 216 Å². The minimum Gasteiger partial charge on any atom is -0.466 e. The number of esters is 1. The molecule has 0 N–H and O–H groups in total. The van der Waals surface area contributed by atoms with Crippen LogP contribution in [0.1, 0.15) is 77.7 Å². The maximum Gasteiger partial charge on any atom is 0.312 e. The molecule has 7 nitrogen and oxygen atoms in total. The summed E-state index contributed by atoms with van der Waals surface area (Å²) < 4.78 is 16.6. The number of nitrogens with zero attached hydrogens (tertiary/aromatic N) is 2. The van der Waals surface area contributed by atoms with Crippen LogP contribution in [0.2, 0.25) is 0 Å². The summed E-state index contributed by atoms with van der Waals surface area (Å²) in [5, 5.41) is 0. The van der Waals surface area contributed by atoms with Crippen molar-refractivity contribution in [3.05, 3.63) is 23.8 Å². The summed E-state index contributed by atoms with van der Waals surface area (Å²) in [6.45, 7) is 11.0. The lowest BCUT2D eigenvalue weighted by Crippen LogP contribution is -2.44. The van der Waals surface area contributed by atoms with E-state index in [9.17, 15) is 9.59 Å². The molecular formula is C29H42N2O5. The molecule has 1 amide bonds. The summed E-state index contributed by atoms with van der Waals surface area (Å²) in [5.74, 6) is 7.19. The third kappa shape index (κ3) is 6.94. The fourth-order valence-corrected chi connectivity index (χ4v) is 4.89. The number of likely N-dealkylation sites (tertiary alicyclic amines) is 1. The van der Waals surface area contributed by atoms with Gasteiger partial charge in [0.15, 0.2) is 11.5 Å². The van der Waals surface area contributed by atoms with Crippen molar-refractivity contribution in [3.8, 4) is 23.3 Å². The molecule has 0 aromatic heterocycles. The first-order valence-corrected chi connectivity index (χ1v) is 13.6. The molecule has 1 aromatic carbocycles. The van der Waals surface area contributed by atoms with Crippen LogP contribution in [0.15, 0.2) is 18.2 Å². The zero-order chi connectivity index (χ0) is 25.9. The average Bonchev–Trinajstić information content (AvgIpc) is 3.48. The number of unbranched alkanes of at least 4 members (excludes halogenated alkanes) is 3. The molecule has 0 saturated carbocycles. The molecule has 0 spiro atoms. The number of carbonyl (C=O) groups is 2. The van der Waals surface area contributed by atoms with Gasteiger partial charge in [0, 0.05) is 32.0 Å². The second-order valence-electron chi connectivity index (χ2n) is 9.53. The number of hydrogen-bond donors (Lipinski definition) is 0. The monoisotopic (exact) mass is 498 g/mol. The van der Waals surface area contributed by atoms with Crippen LogP contribution in [0.5, 0.6) is 11.5 Å². The van der Waals surface area contributed by atoms with Gasteiger partial charge < -0.3 is 19.1 Å². The molecule has 1 fully saturated rings. The van der Waals surface area contributed by atoms with Crippen molar-refractivity contribution >= 4 is 11.9 Å². The lowest BCUT2D eigenvalue weighted by Gasteiger charge is -2.27. The van der Waals surface area contributed by atoms with Crippen molar-refractivity contribution in [1.82, 2.24) is 9.80 Å². The highest BCUT2D eigenvalue weighted by Gasteiger charge is 2.47. The summed E-state index contributed by atoms with van der Waals surface area (Å²) >= 11 is 0. The van der Waals surface area contributed by atoms with Crippen LogP contribution in [0.4, 0.5) is 0 Å². The molecule has 2 heterocycles. The summed E-state index contributed by atoms with van der Waals surface area (Å²) in [6, 6.07) is 5.45. The second-order valence-corrected chi connectivity index (χ2v) is 9.53. The molecule has 36 heavy (non-hydrogen) atoms. The van der Waals surface area contributed by atoms with E-state index in [0.717, 1.165) is 57.2 Å². The number of hydrogen-bond acceptors (Lipinski definition) is 6. The van der Waals surface area contributed by atoms with Crippen molar-refractivity contribution < 1.29 is 23.8 Å². The molecule has 0 bridgehead atoms. The average molecular weight is 499 g/mol. The molecule has 0 aliphatic carbocycles. The predicted molar refractivity (Wildman–Crippen MR) is 140 cm³/mol. The van der Waals surface area contributed by atoms with Crippen molar-refractivity contribution in [2.45, 2.75) is 78.2 Å². The molecule has 0 unspecified atom stereocenters. The number of fused-ring (bicyclic) bond motifs is 1. The van der Waals surface area contributed by atoms with Crippen LogP contribution in [-0.4, -0.2) is 67.3 Å². The highest BCUT2D eigenvalue weighted by molar-refractivity contribution is 5.80. The van der Waals surface area contributed by atoms with E-state index in [0.29, 0.717) is 24.7 Å². The van der Waals surface area contributed by atoms with Crippen LogP contribution in [-0.2, 0) is 14.3 Å². The first-order chi connectivity index (χ1) is 17.5. The van der Waals surface area contributed by atoms with Gasteiger partial charge in [0.05, 0.1) is 25.1 Å². The van der Waals surface area contributed by atoms with Gasteiger partial charge in [0.2, 0.25) is 12.7 Å². The molecule has 1 aromatic rings. The molecule has 198 valence electrons. The van der Waals surface area contributed by atoms with Crippen LogP contribution in [0, 0.1) is 17.8 Å². The molecule has 3 rings (SSSR count). The van der Waals surface area contributed by atoms with E-state index in [1.165, 1.54) is 0 Å². The van der Waals surface area contributed by atoms with Gasteiger partial charge in [-0.2, -0.15) is 0 Å². The van der Waals surface area contributed by atoms with E-state index in [1.807, 2.05) is 30.0 Å². The number of benzene rings is 1. The van der Waals surface area contributed by atoms with E-state index in [2.05, 4.69) is 37.5 Å². The van der Waals surface area contributed by atoms with Crippen LogP contribution < -0.4 is 9.47 Å². The van der Waals surface area contributed by atoms with Gasteiger partial charge in [-0.25, -0.2) is 0 Å². The van der Waals surface area contributed by atoms with Crippen LogP contribution in [0.3, 0.4) is 0 Å². The Morgan fingerprint density at radius 3 is 2.44 bits per heavy atom. The van der Waals surface area contributed by atoms with Gasteiger partial charge in [-0.3, -0.25) is 14.5 Å². The van der Waals surface area contributed by atoms with Crippen LogP contribution in [0.25, 0.3) is 0 Å². The van der Waals surface area contributed by atoms with E-state index in [-0.39, 0.29) is 37.2 Å². The van der Waals surface area contributed by atoms with Gasteiger partial charge in [-0.05, 0) is 43.9 Å². The van der Waals surface area contributed by atoms with E-state index in [4.69, 9.17) is 14.2 Å². The second kappa shape index (κ2) is 14.1. The predicted octanol–water partition coefficient (Wildman–Crippen LogP) is 4.59. The smallest absolute Gasteiger partial charge is 0.312 e. The summed E-state index contributed by atoms with van der Waals surface area (Å²) in [4.78, 5) is 30.8. The molecule has 0 radical (unpaired) electrons. The Hall–Kier alpha value is -2.72. The molecular weight excluding hydrogens is 456 g/mol. The summed E-state index contributed by atoms with van der Waals surface area (Å²) in [6.07, 6.45) is 5.75. The largest absolute Gasteiger partial charge is 0.466 e. The number of ether oxygens (including phenoxy) is 3. The van der Waals surface area contributed by atoms with Gasteiger partial charge in [0.1, 0.15) is 0 Å². The zero-order valence-corrected chi connectivity index (χ0v) is 22.4. The quantitative estimate of drug-likeness (QED) is 0.310. The highest BCUT2D eigenvalue weighted by atomic mass is 16.7. The Morgan fingerprint density at radius 1 is 1.06 bits per heavy atom. The number of carbonyl (C=O) groups excluding carboxylic acids is 2. The van der Waals surface area contributed by atoms with E-state index < -0.39 is 5.92 Å². The summed E-state index contributed by atoms with van der Waals surface area (Å²) in [7, 11) is 0. The molecule has 3 atom stereocenters.